The van der Waals surface area contributed by atoms with Gasteiger partial charge in [-0.3, -0.25) is 4.79 Å². The van der Waals surface area contributed by atoms with Gasteiger partial charge >= 0.3 is 6.61 Å². The van der Waals surface area contributed by atoms with E-state index in [0.717, 1.165) is 18.7 Å². The highest BCUT2D eigenvalue weighted by Crippen LogP contribution is 2.33. The molecule has 7 heteroatoms. The molecule has 1 heterocycles. The van der Waals surface area contributed by atoms with Crippen LogP contribution in [0.1, 0.15) is 17.2 Å². The molecule has 3 rings (SSSR count). The van der Waals surface area contributed by atoms with Crippen molar-refractivity contribution in [3.63, 3.8) is 0 Å². The number of piperazine rings is 1. The second kappa shape index (κ2) is 9.52. The predicted octanol–water partition coefficient (Wildman–Crippen LogP) is 3.83. The van der Waals surface area contributed by atoms with Crippen molar-refractivity contribution in [2.24, 2.45) is 0 Å². The van der Waals surface area contributed by atoms with Crippen molar-refractivity contribution in [1.82, 2.24) is 9.80 Å². The Balaban J connectivity index is 1.84. The molecule has 2 aromatic rings. The highest BCUT2D eigenvalue weighted by atomic mass is 19.3. The van der Waals surface area contributed by atoms with Gasteiger partial charge in [-0.05, 0) is 24.8 Å². The number of alkyl halides is 2. The number of nitrogens with zero attached hydrogens (tertiary/aromatic N) is 2. The summed E-state index contributed by atoms with van der Waals surface area (Å²) in [6, 6.07) is 14.6. The Morgan fingerprint density at radius 2 is 1.90 bits per heavy atom. The first-order chi connectivity index (χ1) is 14.0. The van der Waals surface area contributed by atoms with Gasteiger partial charge in [-0.25, -0.2) is 0 Å². The number of para-hydroxylation sites is 1. The van der Waals surface area contributed by atoms with Crippen LogP contribution in [0.4, 0.5) is 8.78 Å². The van der Waals surface area contributed by atoms with Crippen LogP contribution in [0, 0.1) is 0 Å². The fraction of sp³-hybridized carbons (Fsp3) is 0.318. The first-order valence-electron chi connectivity index (χ1n) is 9.33. The summed E-state index contributed by atoms with van der Waals surface area (Å²) in [5.41, 5.74) is 1.41. The Morgan fingerprint density at radius 3 is 2.59 bits per heavy atom. The highest BCUT2D eigenvalue weighted by molar-refractivity contribution is 5.92. The van der Waals surface area contributed by atoms with Crippen molar-refractivity contribution in [3.8, 4) is 11.5 Å². The number of likely N-dealkylation sites (N-methyl/N-ethyl adjacent to an activating group) is 1. The molecular formula is C22H24F2N2O3. The number of amides is 1. The maximum Gasteiger partial charge on any atom is 0.387 e. The van der Waals surface area contributed by atoms with Crippen molar-refractivity contribution >= 4 is 12.0 Å². The fourth-order valence-electron chi connectivity index (χ4n) is 3.44. The zero-order valence-corrected chi connectivity index (χ0v) is 16.4. The van der Waals surface area contributed by atoms with Crippen molar-refractivity contribution in [1.29, 1.82) is 0 Å². The van der Waals surface area contributed by atoms with E-state index in [9.17, 15) is 13.6 Å². The molecule has 0 radical (unpaired) electrons. The summed E-state index contributed by atoms with van der Waals surface area (Å²) >= 11 is 0. The van der Waals surface area contributed by atoms with E-state index >= 15 is 0 Å². The third-order valence-electron chi connectivity index (χ3n) is 4.89. The number of benzene rings is 2. The lowest BCUT2D eigenvalue weighted by Gasteiger charge is -2.40. The second-order valence-electron chi connectivity index (χ2n) is 6.81. The van der Waals surface area contributed by atoms with E-state index in [1.807, 2.05) is 37.4 Å². The Morgan fingerprint density at radius 1 is 1.14 bits per heavy atom. The van der Waals surface area contributed by atoms with Gasteiger partial charge in [0.2, 0.25) is 5.91 Å². The molecule has 2 aromatic carbocycles. The first kappa shape index (κ1) is 20.8. The number of ether oxygens (including phenoxy) is 2. The van der Waals surface area contributed by atoms with Gasteiger partial charge in [0.15, 0.2) is 11.5 Å². The van der Waals surface area contributed by atoms with E-state index in [-0.39, 0.29) is 23.4 Å². The van der Waals surface area contributed by atoms with E-state index in [4.69, 9.17) is 4.74 Å². The van der Waals surface area contributed by atoms with Crippen LogP contribution in [0.25, 0.3) is 6.08 Å². The monoisotopic (exact) mass is 402 g/mol. The molecule has 154 valence electrons. The Kier molecular flexibility index (Phi) is 6.82. The molecule has 5 nitrogen and oxygen atoms in total. The molecule has 0 unspecified atom stereocenters. The van der Waals surface area contributed by atoms with Gasteiger partial charge < -0.3 is 19.3 Å². The van der Waals surface area contributed by atoms with Crippen molar-refractivity contribution in [2.45, 2.75) is 12.7 Å². The second-order valence-corrected chi connectivity index (χ2v) is 6.81. The summed E-state index contributed by atoms with van der Waals surface area (Å²) in [6.45, 7) is -0.920. The molecule has 1 saturated heterocycles. The van der Waals surface area contributed by atoms with Crippen LogP contribution in [0.3, 0.4) is 0 Å². The van der Waals surface area contributed by atoms with Crippen LogP contribution in [-0.4, -0.2) is 56.1 Å². The van der Waals surface area contributed by atoms with E-state index in [2.05, 4.69) is 9.64 Å². The highest BCUT2D eigenvalue weighted by Gasteiger charge is 2.29. The largest absolute Gasteiger partial charge is 0.493 e. The third kappa shape index (κ3) is 5.12. The van der Waals surface area contributed by atoms with E-state index in [0.29, 0.717) is 12.1 Å². The van der Waals surface area contributed by atoms with Crippen molar-refractivity contribution in [2.75, 3.05) is 33.8 Å². The maximum atomic E-state index is 13.0. The molecule has 1 atom stereocenters. The number of methoxy groups -OCH3 is 1. The molecule has 0 N–H and O–H groups in total. The normalized spacial score (nSPS) is 17.7. The van der Waals surface area contributed by atoms with Gasteiger partial charge in [0.25, 0.3) is 0 Å². The molecule has 29 heavy (non-hydrogen) atoms. The topological polar surface area (TPSA) is 42.0 Å². The number of carbonyl (C=O) groups is 1. The fourth-order valence-corrected chi connectivity index (χ4v) is 3.44. The minimum Gasteiger partial charge on any atom is -0.493 e. The molecular weight excluding hydrogens is 378 g/mol. The average Bonchev–Trinajstić information content (AvgIpc) is 2.73. The minimum atomic E-state index is -2.99. The van der Waals surface area contributed by atoms with E-state index in [1.54, 1.807) is 17.0 Å². The lowest BCUT2D eigenvalue weighted by molar-refractivity contribution is -0.130. The quantitative estimate of drug-likeness (QED) is 0.689. The smallest absolute Gasteiger partial charge is 0.387 e. The van der Waals surface area contributed by atoms with Crippen LogP contribution >= 0.6 is 0 Å². The molecule has 1 aliphatic heterocycles. The number of halogens is 2. The summed E-state index contributed by atoms with van der Waals surface area (Å²) < 4.78 is 35.3. The van der Waals surface area contributed by atoms with Crippen molar-refractivity contribution in [3.05, 3.63) is 65.7 Å². The summed E-state index contributed by atoms with van der Waals surface area (Å²) in [4.78, 5) is 16.9. The molecule has 1 aliphatic rings. The molecule has 1 fully saturated rings. The summed E-state index contributed by atoms with van der Waals surface area (Å²) in [6.07, 6.45) is 2.89. The van der Waals surface area contributed by atoms with Crippen LogP contribution in [0.15, 0.2) is 54.6 Å². The minimum absolute atomic E-state index is 0.0748. The third-order valence-corrected chi connectivity index (χ3v) is 4.89. The predicted molar refractivity (Wildman–Crippen MR) is 107 cm³/mol. The molecule has 0 aliphatic carbocycles. The number of carbonyl (C=O) groups excluding carboxylic acids is 1. The summed E-state index contributed by atoms with van der Waals surface area (Å²) in [7, 11) is 3.40. The summed E-state index contributed by atoms with van der Waals surface area (Å²) in [5, 5.41) is 0. The van der Waals surface area contributed by atoms with Gasteiger partial charge in [-0.2, -0.15) is 8.78 Å². The van der Waals surface area contributed by atoms with Gasteiger partial charge in [-0.15, -0.1) is 0 Å². The Labute approximate surface area is 169 Å². The van der Waals surface area contributed by atoms with Crippen LogP contribution < -0.4 is 9.47 Å². The van der Waals surface area contributed by atoms with Gasteiger partial charge in [-0.1, -0.05) is 42.5 Å². The van der Waals surface area contributed by atoms with Gasteiger partial charge in [0.05, 0.1) is 13.2 Å². The number of rotatable bonds is 6. The van der Waals surface area contributed by atoms with Crippen molar-refractivity contribution < 1.29 is 23.0 Å². The summed E-state index contributed by atoms with van der Waals surface area (Å²) in [5.74, 6) is -0.0912. The molecule has 0 bridgehead atoms. The lowest BCUT2D eigenvalue weighted by Crippen LogP contribution is -2.48. The molecule has 0 saturated carbocycles. The van der Waals surface area contributed by atoms with Gasteiger partial charge in [0, 0.05) is 31.3 Å². The van der Waals surface area contributed by atoms with Gasteiger partial charge in [0.1, 0.15) is 0 Å². The standard InChI is InChI=1S/C22H24F2N2O3/c1-25-13-14-26(18(15-25)16-7-4-3-5-8-16)20(27)12-11-17-9-6-10-19(28-2)21(17)29-22(23)24/h3-12,18,22H,13-15H2,1-2H3/b12-11+/t18-/m1/s1. The maximum absolute atomic E-state index is 13.0. The Hall–Kier alpha value is -2.93. The number of hydrogen-bond donors (Lipinski definition) is 0. The zero-order valence-electron chi connectivity index (χ0n) is 16.4. The lowest BCUT2D eigenvalue weighted by atomic mass is 10.0. The SMILES string of the molecule is COc1cccc(/C=C/C(=O)N2CCN(C)C[C@@H]2c2ccccc2)c1OC(F)F. The van der Waals surface area contributed by atoms with E-state index in [1.165, 1.54) is 25.3 Å². The number of hydrogen-bond acceptors (Lipinski definition) is 4. The molecule has 0 aromatic heterocycles. The van der Waals surface area contributed by atoms with Crippen LogP contribution in [0.5, 0.6) is 11.5 Å². The molecule has 1 amide bonds. The first-order valence-corrected chi connectivity index (χ1v) is 9.33. The Bertz CT molecular complexity index is 858. The average molecular weight is 402 g/mol. The molecule has 0 spiro atoms. The van der Waals surface area contributed by atoms with Crippen LogP contribution in [0.2, 0.25) is 0 Å². The van der Waals surface area contributed by atoms with E-state index < -0.39 is 6.61 Å². The zero-order chi connectivity index (χ0) is 20.8. The van der Waals surface area contributed by atoms with Crippen LogP contribution in [-0.2, 0) is 4.79 Å².